The maximum atomic E-state index is 9.91. The number of aliphatic carboxylic acids is 1. The van der Waals surface area contributed by atoms with Crippen LogP contribution in [-0.2, 0) is 14.4 Å². The van der Waals surface area contributed by atoms with Crippen LogP contribution in [0.15, 0.2) is 0 Å². The Hall–Kier alpha value is -1.19. The predicted octanol–water partition coefficient (Wildman–Crippen LogP) is 0.255. The summed E-state index contributed by atoms with van der Waals surface area (Å²) in [5.74, 6) is -2.08. The van der Waals surface area contributed by atoms with E-state index in [1.165, 1.54) is 13.8 Å². The molecule has 0 aliphatic heterocycles. The highest BCUT2D eigenvalue weighted by Crippen LogP contribution is 1.76. The molecule has 0 bridgehead atoms. The van der Waals surface area contributed by atoms with Crippen molar-refractivity contribution in [3.05, 3.63) is 0 Å². The van der Waals surface area contributed by atoms with Crippen molar-refractivity contribution in [3.63, 3.8) is 0 Å². The number of carboxylic acids is 1. The van der Waals surface area contributed by atoms with E-state index in [0.717, 1.165) is 6.29 Å². The summed E-state index contributed by atoms with van der Waals surface area (Å²) in [5, 5.41) is 7.83. The molecule has 0 heterocycles. The zero-order valence-corrected chi connectivity index (χ0v) is 5.96. The van der Waals surface area contributed by atoms with Crippen molar-refractivity contribution in [1.82, 2.24) is 0 Å². The molecular formula is C6H10O4. The van der Waals surface area contributed by atoms with Gasteiger partial charge in [-0.3, -0.25) is 4.79 Å². The number of hydrogen-bond acceptors (Lipinski definition) is 3. The zero-order chi connectivity index (χ0) is 8.57. The average molecular weight is 146 g/mol. The summed E-state index contributed by atoms with van der Waals surface area (Å²) in [6.07, 6.45) is 0.829. The molecule has 0 saturated heterocycles. The molecule has 0 aliphatic rings. The topological polar surface area (TPSA) is 71.4 Å². The second-order valence-corrected chi connectivity index (χ2v) is 1.32. The second-order valence-electron chi connectivity index (χ2n) is 1.32. The Bertz CT molecular complexity index is 128. The monoisotopic (exact) mass is 146 g/mol. The largest absolute Gasteiger partial charge is 0.476 e. The first-order chi connectivity index (χ1) is 4.59. The molecule has 0 unspecified atom stereocenters. The van der Waals surface area contributed by atoms with Crippen LogP contribution in [0.25, 0.3) is 0 Å². The number of hydrogen-bond donors (Lipinski definition) is 1. The molecule has 0 atom stereocenters. The fraction of sp³-hybridized carbons (Fsp3) is 0.500. The first-order valence-corrected chi connectivity index (χ1v) is 2.76. The van der Waals surface area contributed by atoms with Crippen molar-refractivity contribution in [2.45, 2.75) is 20.3 Å². The summed E-state index contributed by atoms with van der Waals surface area (Å²) in [6, 6.07) is 0. The van der Waals surface area contributed by atoms with Crippen molar-refractivity contribution in [1.29, 1.82) is 0 Å². The van der Waals surface area contributed by atoms with Crippen LogP contribution >= 0.6 is 0 Å². The Labute approximate surface area is 58.8 Å². The average Bonchev–Trinajstić information content (AvgIpc) is 1.88. The van der Waals surface area contributed by atoms with E-state index in [1.807, 2.05) is 0 Å². The third-order valence-corrected chi connectivity index (χ3v) is 0.560. The van der Waals surface area contributed by atoms with Gasteiger partial charge in [0.1, 0.15) is 6.29 Å². The minimum absolute atomic E-state index is 0.0787. The minimum atomic E-state index is -1.34. The van der Waals surface area contributed by atoms with Crippen molar-refractivity contribution < 1.29 is 19.5 Å². The molecule has 0 spiro atoms. The summed E-state index contributed by atoms with van der Waals surface area (Å²) in [7, 11) is 0. The van der Waals surface area contributed by atoms with Crippen LogP contribution in [0, 0.1) is 0 Å². The molecule has 4 heteroatoms. The Morgan fingerprint density at radius 1 is 1.50 bits per heavy atom. The molecule has 0 aromatic carbocycles. The Kier molecular flexibility index (Phi) is 9.05. The number of carbonyl (C=O) groups is 3. The van der Waals surface area contributed by atoms with Gasteiger partial charge in [0.25, 0.3) is 0 Å². The summed E-state index contributed by atoms with van der Waals surface area (Å²) >= 11 is 0. The lowest BCUT2D eigenvalue weighted by Gasteiger charge is -1.80. The van der Waals surface area contributed by atoms with Gasteiger partial charge in [-0.2, -0.15) is 0 Å². The molecular weight excluding hydrogens is 136 g/mol. The van der Waals surface area contributed by atoms with Gasteiger partial charge in [-0.05, 0) is 6.92 Å². The smallest absolute Gasteiger partial charge is 0.372 e. The number of carboxylic acid groups (broad SMARTS) is 1. The summed E-state index contributed by atoms with van der Waals surface area (Å²) in [4.78, 5) is 28.3. The van der Waals surface area contributed by atoms with Gasteiger partial charge in [0, 0.05) is 6.42 Å². The quantitative estimate of drug-likeness (QED) is 0.448. The fourth-order valence-electron chi connectivity index (χ4n) is 0.151. The van der Waals surface area contributed by atoms with E-state index >= 15 is 0 Å². The van der Waals surface area contributed by atoms with Crippen LogP contribution in [0.4, 0.5) is 0 Å². The first kappa shape index (κ1) is 11.6. The van der Waals surface area contributed by atoms with Crippen LogP contribution in [0.2, 0.25) is 0 Å². The zero-order valence-electron chi connectivity index (χ0n) is 5.96. The van der Waals surface area contributed by atoms with Crippen molar-refractivity contribution in [2.24, 2.45) is 0 Å². The summed E-state index contributed by atoms with van der Waals surface area (Å²) in [6.45, 7) is 2.95. The molecule has 0 radical (unpaired) electrons. The van der Waals surface area contributed by atoms with Crippen LogP contribution in [-0.4, -0.2) is 23.1 Å². The fourth-order valence-corrected chi connectivity index (χ4v) is 0.151. The summed E-state index contributed by atoms with van der Waals surface area (Å²) < 4.78 is 0. The predicted molar refractivity (Wildman–Crippen MR) is 34.7 cm³/mol. The van der Waals surface area contributed by atoms with Gasteiger partial charge in [-0.25, -0.2) is 4.79 Å². The molecule has 0 saturated carbocycles. The number of carbonyl (C=O) groups excluding carboxylic acids is 2. The van der Waals surface area contributed by atoms with Crippen LogP contribution < -0.4 is 0 Å². The second kappa shape index (κ2) is 7.81. The lowest BCUT2D eigenvalue weighted by Crippen LogP contribution is -2.09. The molecule has 0 rings (SSSR count). The normalized spacial score (nSPS) is 7.00. The standard InChI is InChI=1S/C4H6O3.C2H4O/c1-2-3(5)4(6)7;1-2-3/h2H2,1H3,(H,6,7);2H,1H3. The maximum Gasteiger partial charge on any atom is 0.372 e. The molecule has 0 amide bonds. The highest BCUT2D eigenvalue weighted by atomic mass is 16.4. The van der Waals surface area contributed by atoms with E-state index < -0.39 is 11.8 Å². The first-order valence-electron chi connectivity index (χ1n) is 2.76. The Balaban J connectivity index is 0. The molecule has 1 N–H and O–H groups in total. The van der Waals surface area contributed by atoms with Crippen LogP contribution in [0.3, 0.4) is 0 Å². The molecule has 0 aromatic rings. The maximum absolute atomic E-state index is 9.91. The number of rotatable bonds is 2. The van der Waals surface area contributed by atoms with E-state index in [4.69, 9.17) is 9.90 Å². The van der Waals surface area contributed by atoms with Gasteiger partial charge in [-0.15, -0.1) is 0 Å². The highest BCUT2D eigenvalue weighted by Gasteiger charge is 2.05. The molecule has 0 fully saturated rings. The van der Waals surface area contributed by atoms with E-state index in [9.17, 15) is 9.59 Å². The molecule has 4 nitrogen and oxygen atoms in total. The number of aldehydes is 1. The van der Waals surface area contributed by atoms with Crippen molar-refractivity contribution in [3.8, 4) is 0 Å². The molecule has 58 valence electrons. The number of Topliss-reactive ketones (excluding diaryl/α,β-unsaturated/α-hetero) is 1. The van der Waals surface area contributed by atoms with Gasteiger partial charge in [0.2, 0.25) is 5.78 Å². The molecule has 0 aliphatic carbocycles. The van der Waals surface area contributed by atoms with Gasteiger partial charge in [-0.1, -0.05) is 6.92 Å². The lowest BCUT2D eigenvalue weighted by atomic mass is 10.3. The highest BCUT2D eigenvalue weighted by molar-refractivity contribution is 6.32. The SMILES string of the molecule is CC=O.CCC(=O)C(=O)O. The lowest BCUT2D eigenvalue weighted by molar-refractivity contribution is -0.148. The number of ketones is 1. The van der Waals surface area contributed by atoms with E-state index in [0.29, 0.717) is 0 Å². The van der Waals surface area contributed by atoms with E-state index in [2.05, 4.69) is 0 Å². The van der Waals surface area contributed by atoms with Gasteiger partial charge < -0.3 is 9.90 Å². The minimum Gasteiger partial charge on any atom is -0.476 e. The third-order valence-electron chi connectivity index (χ3n) is 0.560. The van der Waals surface area contributed by atoms with Gasteiger partial charge in [0.15, 0.2) is 0 Å². The van der Waals surface area contributed by atoms with Crippen molar-refractivity contribution >= 4 is 18.0 Å². The molecule has 10 heavy (non-hydrogen) atoms. The third kappa shape index (κ3) is 9.94. The van der Waals surface area contributed by atoms with E-state index in [1.54, 1.807) is 0 Å². The summed E-state index contributed by atoms with van der Waals surface area (Å²) in [5.41, 5.74) is 0. The Morgan fingerprint density at radius 3 is 1.80 bits per heavy atom. The van der Waals surface area contributed by atoms with Crippen LogP contribution in [0.1, 0.15) is 20.3 Å². The van der Waals surface area contributed by atoms with E-state index in [-0.39, 0.29) is 6.42 Å². The van der Waals surface area contributed by atoms with Crippen molar-refractivity contribution in [2.75, 3.05) is 0 Å². The molecule has 0 aromatic heterocycles. The van der Waals surface area contributed by atoms with Crippen LogP contribution in [0.5, 0.6) is 0 Å². The Morgan fingerprint density at radius 2 is 1.80 bits per heavy atom. The van der Waals surface area contributed by atoms with Gasteiger partial charge >= 0.3 is 5.97 Å². The van der Waals surface area contributed by atoms with Gasteiger partial charge in [0.05, 0.1) is 0 Å².